The van der Waals surface area contributed by atoms with Crippen LogP contribution in [0.3, 0.4) is 0 Å². The Morgan fingerprint density at radius 2 is 1.36 bits per heavy atom. The quantitative estimate of drug-likeness (QED) is 0.685. The van der Waals surface area contributed by atoms with E-state index in [0.29, 0.717) is 0 Å². The van der Waals surface area contributed by atoms with E-state index in [2.05, 4.69) is 4.74 Å². The molecule has 0 saturated carbocycles. The minimum atomic E-state index is -1.08. The van der Waals surface area contributed by atoms with E-state index < -0.39 is 36.1 Å². The zero-order chi connectivity index (χ0) is 17.6. The van der Waals surface area contributed by atoms with E-state index >= 15 is 0 Å². The van der Waals surface area contributed by atoms with Gasteiger partial charge in [0.2, 0.25) is 0 Å². The summed E-state index contributed by atoms with van der Waals surface area (Å²) in [6.07, 6.45) is -1.08. The third kappa shape index (κ3) is 4.90. The molecule has 2 atom stereocenters. The minimum Gasteiger partial charge on any atom is -0.466 e. The van der Waals surface area contributed by atoms with Crippen molar-refractivity contribution in [1.82, 2.24) is 14.7 Å². The monoisotopic (exact) mass is 317 g/mol. The molecule has 22 heavy (non-hydrogen) atoms. The molecule has 0 aromatic rings. The first-order chi connectivity index (χ1) is 10.0. The number of amides is 4. The summed E-state index contributed by atoms with van der Waals surface area (Å²) >= 11 is 0. The molecule has 0 aromatic carbocycles. The van der Waals surface area contributed by atoms with E-state index in [1.807, 2.05) is 0 Å². The SMILES string of the molecule is COC(=O)C(C)OC(=O)C(C)N(C)C(=O)N(C)C(=O)N(C)C. The Labute approximate surface area is 129 Å². The van der Waals surface area contributed by atoms with Crippen LogP contribution in [-0.2, 0) is 19.1 Å². The topological polar surface area (TPSA) is 96.5 Å². The van der Waals surface area contributed by atoms with Crippen LogP contribution in [0.1, 0.15) is 13.8 Å². The number of esters is 2. The second-order valence-corrected chi connectivity index (χ2v) is 4.91. The molecule has 0 aliphatic heterocycles. The summed E-state index contributed by atoms with van der Waals surface area (Å²) in [5.41, 5.74) is 0. The van der Waals surface area contributed by atoms with E-state index in [-0.39, 0.29) is 0 Å². The Bertz CT molecular complexity index is 451. The van der Waals surface area contributed by atoms with Crippen LogP contribution in [0.2, 0.25) is 0 Å². The molecule has 0 fully saturated rings. The first-order valence-corrected chi connectivity index (χ1v) is 6.54. The van der Waals surface area contributed by atoms with Crippen LogP contribution < -0.4 is 0 Å². The summed E-state index contributed by atoms with van der Waals surface area (Å²) in [6, 6.07) is -2.17. The number of urea groups is 2. The van der Waals surface area contributed by atoms with Crippen LogP contribution in [0.25, 0.3) is 0 Å². The first-order valence-electron chi connectivity index (χ1n) is 6.54. The molecule has 126 valence electrons. The Balaban J connectivity index is 4.80. The Kier molecular flexibility index (Phi) is 7.34. The fourth-order valence-corrected chi connectivity index (χ4v) is 1.43. The molecule has 0 aliphatic carbocycles. The molecule has 0 bridgehead atoms. The summed E-state index contributed by atoms with van der Waals surface area (Å²) in [7, 11) is 6.84. The van der Waals surface area contributed by atoms with Gasteiger partial charge in [0.25, 0.3) is 0 Å². The number of hydrogen-bond donors (Lipinski definition) is 0. The smallest absolute Gasteiger partial charge is 0.346 e. The molecule has 0 radical (unpaired) electrons. The number of imide groups is 1. The number of rotatable bonds is 4. The van der Waals surface area contributed by atoms with Crippen LogP contribution in [-0.4, -0.2) is 86.1 Å². The fourth-order valence-electron chi connectivity index (χ4n) is 1.43. The van der Waals surface area contributed by atoms with Crippen LogP contribution in [0.5, 0.6) is 0 Å². The normalized spacial score (nSPS) is 12.7. The van der Waals surface area contributed by atoms with E-state index in [1.54, 1.807) is 0 Å². The highest BCUT2D eigenvalue weighted by Gasteiger charge is 2.31. The average molecular weight is 317 g/mol. The van der Waals surface area contributed by atoms with Crippen LogP contribution >= 0.6 is 0 Å². The van der Waals surface area contributed by atoms with Gasteiger partial charge >= 0.3 is 24.0 Å². The van der Waals surface area contributed by atoms with Crippen molar-refractivity contribution < 1.29 is 28.7 Å². The summed E-state index contributed by atoms with van der Waals surface area (Å²) in [5, 5.41) is 0. The molecular weight excluding hydrogens is 294 g/mol. The van der Waals surface area contributed by atoms with Crippen molar-refractivity contribution in [2.45, 2.75) is 26.0 Å². The van der Waals surface area contributed by atoms with Gasteiger partial charge in [-0.25, -0.2) is 24.1 Å². The predicted octanol–water partition coefficient (Wildman–Crippen LogP) is 0.145. The van der Waals surface area contributed by atoms with Gasteiger partial charge in [-0.1, -0.05) is 0 Å². The van der Waals surface area contributed by atoms with Crippen molar-refractivity contribution in [3.8, 4) is 0 Å². The summed E-state index contributed by atoms with van der Waals surface area (Å²) in [4.78, 5) is 50.1. The van der Waals surface area contributed by atoms with Crippen molar-refractivity contribution in [2.75, 3.05) is 35.3 Å². The third-order valence-electron chi connectivity index (χ3n) is 3.01. The average Bonchev–Trinajstić information content (AvgIpc) is 2.49. The summed E-state index contributed by atoms with van der Waals surface area (Å²) < 4.78 is 9.34. The first kappa shape index (κ1) is 19.7. The second kappa shape index (κ2) is 8.20. The Morgan fingerprint density at radius 3 is 1.77 bits per heavy atom. The molecule has 0 aliphatic rings. The molecule has 9 nitrogen and oxygen atoms in total. The lowest BCUT2D eigenvalue weighted by molar-refractivity contribution is -0.167. The van der Waals surface area contributed by atoms with E-state index in [0.717, 1.165) is 9.80 Å². The highest BCUT2D eigenvalue weighted by atomic mass is 16.6. The zero-order valence-corrected chi connectivity index (χ0v) is 13.9. The van der Waals surface area contributed by atoms with E-state index in [4.69, 9.17) is 4.74 Å². The van der Waals surface area contributed by atoms with E-state index in [9.17, 15) is 19.2 Å². The maximum Gasteiger partial charge on any atom is 0.346 e. The molecule has 0 aromatic heterocycles. The molecule has 0 N–H and O–H groups in total. The lowest BCUT2D eigenvalue weighted by Crippen LogP contribution is -2.51. The van der Waals surface area contributed by atoms with Gasteiger partial charge in [-0.05, 0) is 13.8 Å². The van der Waals surface area contributed by atoms with E-state index in [1.165, 1.54) is 54.0 Å². The van der Waals surface area contributed by atoms with Gasteiger partial charge in [0.15, 0.2) is 6.10 Å². The fraction of sp³-hybridized carbons (Fsp3) is 0.692. The van der Waals surface area contributed by atoms with Crippen molar-refractivity contribution in [3.63, 3.8) is 0 Å². The van der Waals surface area contributed by atoms with Gasteiger partial charge in [-0.15, -0.1) is 0 Å². The molecule has 0 heterocycles. The maximum atomic E-state index is 12.1. The molecular formula is C13H23N3O6. The van der Waals surface area contributed by atoms with Gasteiger partial charge in [-0.3, -0.25) is 0 Å². The molecule has 0 rings (SSSR count). The maximum absolute atomic E-state index is 12.1. The minimum absolute atomic E-state index is 0.527. The Hall–Kier alpha value is -2.32. The van der Waals surface area contributed by atoms with Crippen molar-refractivity contribution in [1.29, 1.82) is 0 Å². The molecule has 2 unspecified atom stereocenters. The lowest BCUT2D eigenvalue weighted by atomic mass is 10.3. The number of carbonyl (C=O) groups excluding carboxylic acids is 4. The number of methoxy groups -OCH3 is 1. The number of ether oxygens (including phenoxy) is 2. The molecule has 0 saturated heterocycles. The standard InChI is InChI=1S/C13H23N3O6/c1-8(10(17)22-9(2)11(18)21-7)15(5)13(20)16(6)12(19)14(3)4/h8-9H,1-7H3. The summed E-state index contributed by atoms with van der Waals surface area (Å²) in [5.74, 6) is -1.48. The van der Waals surface area contributed by atoms with Crippen molar-refractivity contribution in [3.05, 3.63) is 0 Å². The number of likely N-dealkylation sites (N-methyl/N-ethyl adjacent to an activating group) is 1. The highest BCUT2D eigenvalue weighted by molar-refractivity contribution is 5.94. The van der Waals surface area contributed by atoms with Gasteiger partial charge in [-0.2, -0.15) is 0 Å². The second-order valence-electron chi connectivity index (χ2n) is 4.91. The van der Waals surface area contributed by atoms with Crippen LogP contribution in [0.15, 0.2) is 0 Å². The van der Waals surface area contributed by atoms with Crippen molar-refractivity contribution >= 4 is 24.0 Å². The molecule has 9 heteroatoms. The predicted molar refractivity (Wildman–Crippen MR) is 77.0 cm³/mol. The number of carbonyl (C=O) groups is 4. The van der Waals surface area contributed by atoms with Crippen molar-refractivity contribution in [2.24, 2.45) is 0 Å². The largest absolute Gasteiger partial charge is 0.466 e. The number of hydrogen-bond acceptors (Lipinski definition) is 6. The van der Waals surface area contributed by atoms with Crippen LogP contribution in [0.4, 0.5) is 9.59 Å². The third-order valence-corrected chi connectivity index (χ3v) is 3.01. The summed E-state index contributed by atoms with van der Waals surface area (Å²) in [6.45, 7) is 2.79. The molecule has 0 spiro atoms. The zero-order valence-electron chi connectivity index (χ0n) is 13.9. The lowest BCUT2D eigenvalue weighted by Gasteiger charge is -2.29. The van der Waals surface area contributed by atoms with Gasteiger partial charge in [0, 0.05) is 28.2 Å². The van der Waals surface area contributed by atoms with Crippen LogP contribution in [0, 0.1) is 0 Å². The molecule has 4 amide bonds. The highest BCUT2D eigenvalue weighted by Crippen LogP contribution is 2.06. The van der Waals surface area contributed by atoms with Gasteiger partial charge < -0.3 is 19.3 Å². The van der Waals surface area contributed by atoms with Gasteiger partial charge in [0.05, 0.1) is 7.11 Å². The Morgan fingerprint density at radius 1 is 0.864 bits per heavy atom. The van der Waals surface area contributed by atoms with Gasteiger partial charge in [0.1, 0.15) is 6.04 Å². The number of nitrogens with zero attached hydrogens (tertiary/aromatic N) is 3.